The lowest BCUT2D eigenvalue weighted by atomic mass is 10.1. The average molecular weight is 252 g/mol. The van der Waals surface area contributed by atoms with Gasteiger partial charge in [0.2, 0.25) is 0 Å². The molecular weight excluding hydrogens is 238 g/mol. The Morgan fingerprint density at radius 2 is 1.94 bits per heavy atom. The number of hydrogen-bond acceptors (Lipinski definition) is 2. The molecule has 84 valence electrons. The molecule has 1 nitrogen and oxygen atoms in total. The molecule has 0 saturated heterocycles. The van der Waals surface area contributed by atoms with E-state index in [9.17, 15) is 0 Å². The van der Waals surface area contributed by atoms with Crippen molar-refractivity contribution in [3.8, 4) is 0 Å². The third-order valence-corrected chi connectivity index (χ3v) is 3.64. The summed E-state index contributed by atoms with van der Waals surface area (Å²) in [6, 6.07) is 14.7. The van der Waals surface area contributed by atoms with Crippen molar-refractivity contribution in [2.75, 3.05) is 5.88 Å². The lowest BCUT2D eigenvalue weighted by molar-refractivity contribution is 0.584. The first-order chi connectivity index (χ1) is 7.90. The molecule has 1 heterocycles. The summed E-state index contributed by atoms with van der Waals surface area (Å²) < 4.78 is 0. The van der Waals surface area contributed by atoms with Crippen LogP contribution in [0.1, 0.15) is 16.5 Å². The van der Waals surface area contributed by atoms with Gasteiger partial charge in [0.1, 0.15) is 0 Å². The van der Waals surface area contributed by atoms with E-state index in [-0.39, 0.29) is 6.04 Å². The third kappa shape index (κ3) is 3.08. The summed E-state index contributed by atoms with van der Waals surface area (Å²) in [4.78, 5) is 1.34. The van der Waals surface area contributed by atoms with Gasteiger partial charge in [-0.25, -0.2) is 0 Å². The molecule has 1 atom stereocenters. The Morgan fingerprint density at radius 3 is 2.56 bits per heavy atom. The van der Waals surface area contributed by atoms with Crippen LogP contribution in [-0.2, 0) is 6.54 Å². The number of rotatable bonds is 5. The molecule has 2 rings (SSSR count). The number of thiophene rings is 1. The van der Waals surface area contributed by atoms with Crippen LogP contribution in [0.4, 0.5) is 0 Å². The summed E-state index contributed by atoms with van der Waals surface area (Å²) in [6.45, 7) is 0.879. The fourth-order valence-corrected chi connectivity index (χ4v) is 2.53. The number of alkyl halides is 1. The van der Waals surface area contributed by atoms with Crippen molar-refractivity contribution in [2.45, 2.75) is 12.6 Å². The van der Waals surface area contributed by atoms with E-state index >= 15 is 0 Å². The molecular formula is C13H14ClNS. The van der Waals surface area contributed by atoms with Gasteiger partial charge in [-0.2, -0.15) is 0 Å². The molecule has 1 unspecified atom stereocenters. The van der Waals surface area contributed by atoms with Gasteiger partial charge in [-0.3, -0.25) is 0 Å². The van der Waals surface area contributed by atoms with Gasteiger partial charge < -0.3 is 5.32 Å². The largest absolute Gasteiger partial charge is 0.304 e. The van der Waals surface area contributed by atoms with Crippen LogP contribution in [-0.4, -0.2) is 5.88 Å². The minimum Gasteiger partial charge on any atom is -0.304 e. The van der Waals surface area contributed by atoms with Crippen molar-refractivity contribution in [1.82, 2.24) is 5.32 Å². The van der Waals surface area contributed by atoms with E-state index < -0.39 is 0 Å². The summed E-state index contributed by atoms with van der Waals surface area (Å²) in [5, 5.41) is 5.56. The molecule has 0 bridgehead atoms. The highest BCUT2D eigenvalue weighted by Crippen LogP contribution is 2.16. The van der Waals surface area contributed by atoms with Crippen LogP contribution < -0.4 is 5.32 Å². The molecule has 0 aliphatic carbocycles. The molecule has 0 fully saturated rings. The second-order valence-electron chi connectivity index (χ2n) is 3.58. The standard InChI is InChI=1S/C13H14ClNS/c14-9-13(11-5-2-1-3-6-11)15-10-12-7-4-8-16-12/h1-8,13,15H,9-10H2. The molecule has 0 aliphatic heterocycles. The lowest BCUT2D eigenvalue weighted by Gasteiger charge is -2.15. The summed E-state index contributed by atoms with van der Waals surface area (Å²) in [6.07, 6.45) is 0. The Labute approximate surface area is 105 Å². The van der Waals surface area contributed by atoms with Crippen molar-refractivity contribution >= 4 is 22.9 Å². The van der Waals surface area contributed by atoms with Crippen LogP contribution >= 0.6 is 22.9 Å². The maximum atomic E-state index is 5.98. The molecule has 1 N–H and O–H groups in total. The van der Waals surface area contributed by atoms with Crippen molar-refractivity contribution < 1.29 is 0 Å². The van der Waals surface area contributed by atoms with E-state index in [0.29, 0.717) is 5.88 Å². The van der Waals surface area contributed by atoms with E-state index in [1.807, 2.05) is 18.2 Å². The summed E-state index contributed by atoms with van der Waals surface area (Å²) in [5.74, 6) is 0.593. The second kappa shape index (κ2) is 6.04. The van der Waals surface area contributed by atoms with Crippen molar-refractivity contribution in [1.29, 1.82) is 0 Å². The van der Waals surface area contributed by atoms with Crippen LogP contribution in [0.3, 0.4) is 0 Å². The molecule has 0 aliphatic rings. The molecule has 0 saturated carbocycles. The highest BCUT2D eigenvalue weighted by molar-refractivity contribution is 7.09. The molecule has 2 aromatic rings. The third-order valence-electron chi connectivity index (χ3n) is 2.46. The Kier molecular flexibility index (Phi) is 4.40. The lowest BCUT2D eigenvalue weighted by Crippen LogP contribution is -2.21. The molecule has 1 aromatic heterocycles. The number of hydrogen-bond donors (Lipinski definition) is 1. The fraction of sp³-hybridized carbons (Fsp3) is 0.231. The highest BCUT2D eigenvalue weighted by atomic mass is 35.5. The summed E-state index contributed by atoms with van der Waals surface area (Å²) >= 11 is 7.75. The van der Waals surface area contributed by atoms with Gasteiger partial charge in [0.15, 0.2) is 0 Å². The first kappa shape index (κ1) is 11.6. The van der Waals surface area contributed by atoms with E-state index in [0.717, 1.165) is 6.54 Å². The quantitative estimate of drug-likeness (QED) is 0.797. The van der Waals surface area contributed by atoms with Gasteiger partial charge in [-0.15, -0.1) is 22.9 Å². The second-order valence-corrected chi connectivity index (χ2v) is 4.92. The minimum absolute atomic E-state index is 0.227. The normalized spacial score (nSPS) is 12.6. The summed E-state index contributed by atoms with van der Waals surface area (Å²) in [7, 11) is 0. The van der Waals surface area contributed by atoms with Gasteiger partial charge in [0.05, 0.1) is 0 Å². The zero-order chi connectivity index (χ0) is 11.2. The average Bonchev–Trinajstić information content (AvgIpc) is 2.84. The number of benzene rings is 1. The Hall–Kier alpha value is -0.830. The van der Waals surface area contributed by atoms with Crippen LogP contribution in [0.5, 0.6) is 0 Å². The van der Waals surface area contributed by atoms with Crippen molar-refractivity contribution in [3.05, 3.63) is 58.3 Å². The number of halogens is 1. The highest BCUT2D eigenvalue weighted by Gasteiger charge is 2.08. The predicted molar refractivity (Wildman–Crippen MR) is 71.1 cm³/mol. The van der Waals surface area contributed by atoms with Gasteiger partial charge in [0.25, 0.3) is 0 Å². The molecule has 16 heavy (non-hydrogen) atoms. The maximum Gasteiger partial charge on any atom is 0.0460 e. The van der Waals surface area contributed by atoms with Crippen molar-refractivity contribution in [3.63, 3.8) is 0 Å². The molecule has 3 heteroatoms. The Bertz CT molecular complexity index is 399. The Morgan fingerprint density at radius 1 is 1.12 bits per heavy atom. The molecule has 1 aromatic carbocycles. The van der Waals surface area contributed by atoms with Gasteiger partial charge in [-0.05, 0) is 17.0 Å². The van der Waals surface area contributed by atoms with Crippen LogP contribution in [0.25, 0.3) is 0 Å². The summed E-state index contributed by atoms with van der Waals surface area (Å²) in [5.41, 5.74) is 1.24. The van der Waals surface area contributed by atoms with E-state index in [1.54, 1.807) is 11.3 Å². The van der Waals surface area contributed by atoms with E-state index in [4.69, 9.17) is 11.6 Å². The minimum atomic E-state index is 0.227. The topological polar surface area (TPSA) is 12.0 Å². The van der Waals surface area contributed by atoms with Crippen LogP contribution in [0.2, 0.25) is 0 Å². The molecule has 0 amide bonds. The van der Waals surface area contributed by atoms with Crippen molar-refractivity contribution in [2.24, 2.45) is 0 Å². The maximum absolute atomic E-state index is 5.98. The smallest absolute Gasteiger partial charge is 0.0460 e. The van der Waals surface area contributed by atoms with Crippen LogP contribution in [0.15, 0.2) is 47.8 Å². The SMILES string of the molecule is ClCC(NCc1cccs1)c1ccccc1. The van der Waals surface area contributed by atoms with Gasteiger partial charge in [0, 0.05) is 23.3 Å². The monoisotopic (exact) mass is 251 g/mol. The first-order valence-corrected chi connectivity index (χ1v) is 6.68. The fourth-order valence-electron chi connectivity index (χ4n) is 1.58. The zero-order valence-electron chi connectivity index (χ0n) is 8.90. The Balaban J connectivity index is 1.96. The first-order valence-electron chi connectivity index (χ1n) is 5.27. The zero-order valence-corrected chi connectivity index (χ0v) is 10.5. The van der Waals surface area contributed by atoms with Crippen LogP contribution in [0, 0.1) is 0 Å². The van der Waals surface area contributed by atoms with Gasteiger partial charge >= 0.3 is 0 Å². The van der Waals surface area contributed by atoms with Gasteiger partial charge in [-0.1, -0.05) is 36.4 Å². The number of nitrogens with one attached hydrogen (secondary N) is 1. The van der Waals surface area contributed by atoms with E-state index in [1.165, 1.54) is 10.4 Å². The van der Waals surface area contributed by atoms with E-state index in [2.05, 4.69) is 35.0 Å². The predicted octanol–water partition coefficient (Wildman–Crippen LogP) is 3.82. The molecule has 0 radical (unpaired) electrons. The molecule has 0 spiro atoms.